The van der Waals surface area contributed by atoms with Gasteiger partial charge in [-0.2, -0.15) is 5.10 Å². The van der Waals surface area contributed by atoms with E-state index in [1.54, 1.807) is 6.07 Å². The van der Waals surface area contributed by atoms with E-state index < -0.39 is 0 Å². The van der Waals surface area contributed by atoms with Crippen LogP contribution in [0.3, 0.4) is 0 Å². The minimum absolute atomic E-state index is 0.134. The van der Waals surface area contributed by atoms with Crippen LogP contribution >= 0.6 is 0 Å². The van der Waals surface area contributed by atoms with Gasteiger partial charge in [-0.25, -0.2) is 4.68 Å². The number of carbonyl (C=O) groups excluding carboxylic acids is 1. The Hall–Kier alpha value is -3.21. The summed E-state index contributed by atoms with van der Waals surface area (Å²) in [7, 11) is 0. The number of hydrogen-bond acceptors (Lipinski definition) is 3. The van der Waals surface area contributed by atoms with Gasteiger partial charge in [0.05, 0.1) is 5.69 Å². The number of anilines is 1. The molecular weight excluding hydrogens is 338 g/mol. The zero-order valence-electron chi connectivity index (χ0n) is 16.0. The fourth-order valence-corrected chi connectivity index (χ4v) is 3.00. The number of aryl methyl sites for hydroxylation is 4. The fraction of sp³-hybridized carbons (Fsp3) is 0.227. The molecular formula is C22H23N3O2. The summed E-state index contributed by atoms with van der Waals surface area (Å²) in [6.07, 6.45) is 0. The van der Waals surface area contributed by atoms with Crippen molar-refractivity contribution in [1.29, 1.82) is 0 Å². The topological polar surface area (TPSA) is 64.0 Å². The Labute approximate surface area is 158 Å². The predicted molar refractivity (Wildman–Crippen MR) is 108 cm³/mol. The molecule has 3 aromatic rings. The molecule has 0 spiro atoms. The molecule has 0 aliphatic rings. The second-order valence-corrected chi connectivity index (χ2v) is 6.88. The summed E-state index contributed by atoms with van der Waals surface area (Å²) < 4.78 is 1.20. The molecule has 5 nitrogen and oxygen atoms in total. The number of carbonyl (C=O) groups is 1. The first-order chi connectivity index (χ1) is 12.8. The number of rotatable bonds is 4. The molecule has 1 N–H and O–H groups in total. The smallest absolute Gasteiger partial charge is 0.267 e. The van der Waals surface area contributed by atoms with Gasteiger partial charge in [0.1, 0.15) is 6.54 Å². The first-order valence-electron chi connectivity index (χ1n) is 8.86. The highest BCUT2D eigenvalue weighted by Gasteiger charge is 2.11. The predicted octanol–water partition coefficient (Wildman–Crippen LogP) is 3.78. The van der Waals surface area contributed by atoms with Gasteiger partial charge < -0.3 is 5.32 Å². The number of benzene rings is 2. The highest BCUT2D eigenvalue weighted by atomic mass is 16.2. The van der Waals surface area contributed by atoms with Crippen molar-refractivity contribution < 1.29 is 4.79 Å². The van der Waals surface area contributed by atoms with E-state index in [9.17, 15) is 9.59 Å². The summed E-state index contributed by atoms with van der Waals surface area (Å²) in [5, 5.41) is 7.22. The van der Waals surface area contributed by atoms with E-state index in [1.165, 1.54) is 16.3 Å². The molecule has 0 saturated heterocycles. The first kappa shape index (κ1) is 18.6. The average molecular weight is 361 g/mol. The summed E-state index contributed by atoms with van der Waals surface area (Å²) in [5.74, 6) is -0.288. The lowest BCUT2D eigenvalue weighted by Crippen LogP contribution is -2.29. The maximum absolute atomic E-state index is 12.3. The Bertz CT molecular complexity index is 1070. The van der Waals surface area contributed by atoms with Crippen LogP contribution in [0.4, 0.5) is 5.69 Å². The number of amides is 1. The van der Waals surface area contributed by atoms with Crippen LogP contribution in [0.2, 0.25) is 0 Å². The van der Waals surface area contributed by atoms with E-state index in [2.05, 4.69) is 29.5 Å². The summed E-state index contributed by atoms with van der Waals surface area (Å²) in [4.78, 5) is 24.5. The molecule has 0 unspecified atom stereocenters. The SMILES string of the molecule is Cc1cccc(NC(=O)Cn2nc(-c3cc(C)c(C)cc3C)ccc2=O)c1. The van der Waals surface area contributed by atoms with Crippen LogP contribution in [-0.4, -0.2) is 15.7 Å². The highest BCUT2D eigenvalue weighted by molar-refractivity contribution is 5.90. The largest absolute Gasteiger partial charge is 0.324 e. The number of nitrogens with zero attached hydrogens (tertiary/aromatic N) is 2. The van der Waals surface area contributed by atoms with Gasteiger partial charge in [-0.05, 0) is 74.2 Å². The van der Waals surface area contributed by atoms with Crippen LogP contribution in [0.25, 0.3) is 11.3 Å². The highest BCUT2D eigenvalue weighted by Crippen LogP contribution is 2.24. The zero-order valence-corrected chi connectivity index (χ0v) is 16.0. The maximum Gasteiger partial charge on any atom is 0.267 e. The quantitative estimate of drug-likeness (QED) is 0.769. The monoisotopic (exact) mass is 361 g/mol. The van der Waals surface area contributed by atoms with Gasteiger partial charge in [0.25, 0.3) is 5.56 Å². The number of nitrogens with one attached hydrogen (secondary N) is 1. The Morgan fingerprint density at radius 3 is 2.44 bits per heavy atom. The molecule has 138 valence electrons. The molecule has 0 radical (unpaired) electrons. The third-order valence-electron chi connectivity index (χ3n) is 4.58. The van der Waals surface area contributed by atoms with Crippen molar-refractivity contribution in [3.63, 3.8) is 0 Å². The van der Waals surface area contributed by atoms with Crippen LogP contribution in [0.15, 0.2) is 53.3 Å². The van der Waals surface area contributed by atoms with Gasteiger partial charge in [0.15, 0.2) is 0 Å². The molecule has 27 heavy (non-hydrogen) atoms. The lowest BCUT2D eigenvalue weighted by Gasteiger charge is -2.12. The lowest BCUT2D eigenvalue weighted by molar-refractivity contribution is -0.117. The van der Waals surface area contributed by atoms with E-state index in [-0.39, 0.29) is 18.0 Å². The van der Waals surface area contributed by atoms with E-state index in [0.717, 1.165) is 22.3 Å². The fourth-order valence-electron chi connectivity index (χ4n) is 3.00. The second kappa shape index (κ2) is 7.58. The van der Waals surface area contributed by atoms with Gasteiger partial charge in [-0.15, -0.1) is 0 Å². The van der Waals surface area contributed by atoms with Crippen molar-refractivity contribution in [3.8, 4) is 11.3 Å². The minimum Gasteiger partial charge on any atom is -0.324 e. The summed E-state index contributed by atoms with van der Waals surface area (Å²) in [6.45, 7) is 7.95. The Kier molecular flexibility index (Phi) is 5.21. The van der Waals surface area contributed by atoms with E-state index in [0.29, 0.717) is 11.4 Å². The van der Waals surface area contributed by atoms with Gasteiger partial charge >= 0.3 is 0 Å². The minimum atomic E-state index is -0.306. The average Bonchev–Trinajstić information content (AvgIpc) is 2.60. The van der Waals surface area contributed by atoms with Crippen LogP contribution in [0.5, 0.6) is 0 Å². The van der Waals surface area contributed by atoms with Crippen molar-refractivity contribution in [2.75, 3.05) is 5.32 Å². The van der Waals surface area contributed by atoms with Gasteiger partial charge in [0.2, 0.25) is 5.91 Å². The molecule has 0 bridgehead atoms. The Balaban J connectivity index is 1.87. The van der Waals surface area contributed by atoms with Crippen molar-refractivity contribution in [2.24, 2.45) is 0 Å². The summed E-state index contributed by atoms with van der Waals surface area (Å²) in [5.41, 5.74) is 6.54. The summed E-state index contributed by atoms with van der Waals surface area (Å²) >= 11 is 0. The van der Waals surface area contributed by atoms with Crippen molar-refractivity contribution >= 4 is 11.6 Å². The van der Waals surface area contributed by atoms with E-state index in [1.807, 2.05) is 45.0 Å². The van der Waals surface area contributed by atoms with Crippen molar-refractivity contribution in [3.05, 3.63) is 81.1 Å². The van der Waals surface area contributed by atoms with Crippen LogP contribution in [0, 0.1) is 27.7 Å². The van der Waals surface area contributed by atoms with E-state index in [4.69, 9.17) is 0 Å². The molecule has 1 amide bonds. The van der Waals surface area contributed by atoms with Crippen LogP contribution < -0.4 is 10.9 Å². The molecule has 3 rings (SSSR count). The number of hydrogen-bond donors (Lipinski definition) is 1. The molecule has 0 aliphatic carbocycles. The van der Waals surface area contributed by atoms with Crippen LogP contribution in [-0.2, 0) is 11.3 Å². The standard InChI is InChI=1S/C22H23N3O2/c1-14-6-5-7-18(10-14)23-21(26)13-25-22(27)9-8-20(24-25)19-12-16(3)15(2)11-17(19)4/h5-12H,13H2,1-4H3,(H,23,26). The summed E-state index contributed by atoms with van der Waals surface area (Å²) in [6, 6.07) is 14.8. The molecule has 1 aromatic heterocycles. The molecule has 0 fully saturated rings. The van der Waals surface area contributed by atoms with Crippen molar-refractivity contribution in [2.45, 2.75) is 34.2 Å². The van der Waals surface area contributed by atoms with Crippen molar-refractivity contribution in [1.82, 2.24) is 9.78 Å². The first-order valence-corrected chi connectivity index (χ1v) is 8.86. The molecule has 0 aliphatic heterocycles. The molecule has 0 atom stereocenters. The third-order valence-corrected chi connectivity index (χ3v) is 4.58. The normalized spacial score (nSPS) is 10.7. The van der Waals surface area contributed by atoms with Crippen LogP contribution in [0.1, 0.15) is 22.3 Å². The van der Waals surface area contributed by atoms with Gasteiger partial charge in [-0.3, -0.25) is 9.59 Å². The zero-order chi connectivity index (χ0) is 19.6. The molecule has 5 heteroatoms. The third kappa shape index (κ3) is 4.31. The maximum atomic E-state index is 12.3. The molecule has 0 saturated carbocycles. The van der Waals surface area contributed by atoms with Gasteiger partial charge in [0, 0.05) is 17.3 Å². The lowest BCUT2D eigenvalue weighted by atomic mass is 9.99. The van der Waals surface area contributed by atoms with Gasteiger partial charge in [-0.1, -0.05) is 18.2 Å². The second-order valence-electron chi connectivity index (χ2n) is 6.88. The number of aromatic nitrogens is 2. The molecule has 2 aromatic carbocycles. The molecule has 1 heterocycles. The Morgan fingerprint density at radius 1 is 0.963 bits per heavy atom. The van der Waals surface area contributed by atoms with E-state index >= 15 is 0 Å². The Morgan fingerprint density at radius 2 is 1.70 bits per heavy atom.